The van der Waals surface area contributed by atoms with Crippen molar-refractivity contribution < 1.29 is 4.79 Å². The number of anilines is 1. The number of hydrogen-bond acceptors (Lipinski definition) is 4. The zero-order chi connectivity index (χ0) is 18.7. The van der Waals surface area contributed by atoms with Crippen molar-refractivity contribution in [1.29, 1.82) is 0 Å². The number of aryl methyl sites for hydroxylation is 1. The lowest BCUT2D eigenvalue weighted by Crippen LogP contribution is -2.48. The summed E-state index contributed by atoms with van der Waals surface area (Å²) in [6.07, 6.45) is 1.56. The summed E-state index contributed by atoms with van der Waals surface area (Å²) in [4.78, 5) is 17.7. The summed E-state index contributed by atoms with van der Waals surface area (Å²) in [5.41, 5.74) is 2.19. The van der Waals surface area contributed by atoms with Crippen LogP contribution in [0.15, 0.2) is 54.6 Å². The molecule has 1 fully saturated rings. The largest absolute Gasteiger partial charge is 0.325 e. The average molecular weight is 361 g/mol. The van der Waals surface area contributed by atoms with E-state index in [-0.39, 0.29) is 5.91 Å². The lowest BCUT2D eigenvalue weighted by atomic mass is 9.72. The summed E-state index contributed by atoms with van der Waals surface area (Å²) >= 11 is 0. The lowest BCUT2D eigenvalue weighted by Gasteiger charge is -2.36. The lowest BCUT2D eigenvalue weighted by molar-refractivity contribution is -0.122. The predicted molar refractivity (Wildman–Crippen MR) is 105 cm³/mol. The van der Waals surface area contributed by atoms with Gasteiger partial charge in [0.1, 0.15) is 5.82 Å². The van der Waals surface area contributed by atoms with Gasteiger partial charge in [0.05, 0.1) is 5.41 Å². The van der Waals surface area contributed by atoms with E-state index < -0.39 is 5.41 Å². The predicted octanol–water partition coefficient (Wildman–Crippen LogP) is 3.04. The molecule has 27 heavy (non-hydrogen) atoms. The van der Waals surface area contributed by atoms with Gasteiger partial charge < -0.3 is 10.6 Å². The first kappa shape index (κ1) is 17.4. The Balaban J connectivity index is 1.62. The summed E-state index contributed by atoms with van der Waals surface area (Å²) in [7, 11) is 0. The number of aromatic nitrogens is 3. The summed E-state index contributed by atoms with van der Waals surface area (Å²) < 4.78 is 0. The number of rotatable bonds is 4. The van der Waals surface area contributed by atoms with E-state index >= 15 is 0 Å². The average Bonchev–Trinajstić information content (AvgIpc) is 3.16. The highest BCUT2D eigenvalue weighted by Crippen LogP contribution is 2.35. The van der Waals surface area contributed by atoms with Crippen LogP contribution in [0.5, 0.6) is 0 Å². The normalized spacial score (nSPS) is 16.0. The molecule has 0 saturated carbocycles. The number of nitrogens with zero attached hydrogens (tertiary/aromatic N) is 2. The minimum Gasteiger partial charge on any atom is -0.325 e. The van der Waals surface area contributed by atoms with Crippen molar-refractivity contribution >= 4 is 11.6 Å². The van der Waals surface area contributed by atoms with E-state index in [1.807, 2.05) is 49.4 Å². The van der Waals surface area contributed by atoms with Crippen LogP contribution in [-0.2, 0) is 10.2 Å². The molecule has 6 heteroatoms. The van der Waals surface area contributed by atoms with Gasteiger partial charge in [-0.1, -0.05) is 42.5 Å². The molecule has 4 rings (SSSR count). The summed E-state index contributed by atoms with van der Waals surface area (Å²) in [6, 6.07) is 17.8. The second-order valence-electron chi connectivity index (χ2n) is 6.98. The molecular formula is C21H23N5O. The smallest absolute Gasteiger partial charge is 0.235 e. The second kappa shape index (κ2) is 7.32. The quantitative estimate of drug-likeness (QED) is 0.667. The van der Waals surface area contributed by atoms with Crippen LogP contribution in [-0.4, -0.2) is 34.2 Å². The molecule has 1 aliphatic heterocycles. The van der Waals surface area contributed by atoms with Crippen molar-refractivity contribution in [2.45, 2.75) is 25.2 Å². The van der Waals surface area contributed by atoms with Crippen molar-refractivity contribution in [3.63, 3.8) is 0 Å². The number of H-pyrrole nitrogens is 1. The van der Waals surface area contributed by atoms with E-state index in [4.69, 9.17) is 0 Å². The molecule has 0 aliphatic carbocycles. The Morgan fingerprint density at radius 3 is 2.56 bits per heavy atom. The highest BCUT2D eigenvalue weighted by atomic mass is 16.2. The van der Waals surface area contributed by atoms with Gasteiger partial charge in [-0.25, -0.2) is 4.98 Å². The van der Waals surface area contributed by atoms with Gasteiger partial charge in [0.2, 0.25) is 5.91 Å². The molecule has 0 bridgehead atoms. The van der Waals surface area contributed by atoms with E-state index in [2.05, 4.69) is 37.9 Å². The van der Waals surface area contributed by atoms with Crippen LogP contribution in [0.4, 0.5) is 5.69 Å². The van der Waals surface area contributed by atoms with Gasteiger partial charge in [0, 0.05) is 11.3 Å². The van der Waals surface area contributed by atoms with Crippen molar-refractivity contribution in [3.8, 4) is 11.4 Å². The highest BCUT2D eigenvalue weighted by Gasteiger charge is 2.41. The standard InChI is InChI=1S/C21H23N5O/c1-15-23-19(26-25-15)16-6-5-9-18(14-16)24-20(27)21(10-12-22-13-11-21)17-7-3-2-4-8-17/h2-9,14,22H,10-13H2,1H3,(H,24,27)(H,23,25,26). The SMILES string of the molecule is Cc1nc(-c2cccc(NC(=O)C3(c4ccccc4)CCNCC3)c2)n[nH]1. The number of nitrogens with one attached hydrogen (secondary N) is 3. The number of hydrogen-bond donors (Lipinski definition) is 3. The fourth-order valence-corrected chi connectivity index (χ4v) is 3.72. The van der Waals surface area contributed by atoms with Gasteiger partial charge >= 0.3 is 0 Å². The van der Waals surface area contributed by atoms with Gasteiger partial charge in [-0.3, -0.25) is 9.89 Å². The van der Waals surface area contributed by atoms with Gasteiger partial charge in [-0.2, -0.15) is 5.10 Å². The molecule has 1 aromatic heterocycles. The maximum Gasteiger partial charge on any atom is 0.235 e. The van der Waals surface area contributed by atoms with E-state index in [1.54, 1.807) is 0 Å². The van der Waals surface area contributed by atoms with E-state index in [0.717, 1.165) is 48.6 Å². The molecule has 3 N–H and O–H groups in total. The van der Waals surface area contributed by atoms with Gasteiger partial charge in [-0.05, 0) is 50.6 Å². The molecule has 1 aliphatic rings. The third-order valence-corrected chi connectivity index (χ3v) is 5.19. The van der Waals surface area contributed by atoms with E-state index in [0.29, 0.717) is 5.82 Å². The number of aromatic amines is 1. The molecule has 0 radical (unpaired) electrons. The maximum absolute atomic E-state index is 13.4. The fourth-order valence-electron chi connectivity index (χ4n) is 3.72. The molecule has 138 valence electrons. The molecule has 2 heterocycles. The van der Waals surface area contributed by atoms with Crippen LogP contribution in [0, 0.1) is 6.92 Å². The Labute approximate surface area is 158 Å². The molecule has 2 aromatic carbocycles. The minimum absolute atomic E-state index is 0.0403. The van der Waals surface area contributed by atoms with Crippen molar-refractivity contribution in [2.75, 3.05) is 18.4 Å². The molecular weight excluding hydrogens is 338 g/mol. The van der Waals surface area contributed by atoms with Crippen LogP contribution < -0.4 is 10.6 Å². The molecule has 0 atom stereocenters. The van der Waals surface area contributed by atoms with Crippen LogP contribution in [0.3, 0.4) is 0 Å². The van der Waals surface area contributed by atoms with Crippen molar-refractivity contribution in [3.05, 3.63) is 66.0 Å². The van der Waals surface area contributed by atoms with Crippen LogP contribution in [0.2, 0.25) is 0 Å². The second-order valence-corrected chi connectivity index (χ2v) is 6.98. The topological polar surface area (TPSA) is 82.7 Å². The van der Waals surface area contributed by atoms with Crippen LogP contribution in [0.1, 0.15) is 24.2 Å². The van der Waals surface area contributed by atoms with Crippen molar-refractivity contribution in [1.82, 2.24) is 20.5 Å². The molecule has 6 nitrogen and oxygen atoms in total. The maximum atomic E-state index is 13.4. The number of carbonyl (C=O) groups is 1. The van der Waals surface area contributed by atoms with Gasteiger partial charge in [0.25, 0.3) is 0 Å². The Bertz CT molecular complexity index is 929. The van der Waals surface area contributed by atoms with E-state index in [9.17, 15) is 4.79 Å². The molecule has 0 unspecified atom stereocenters. The monoisotopic (exact) mass is 361 g/mol. The highest BCUT2D eigenvalue weighted by molar-refractivity contribution is 5.99. The Morgan fingerprint density at radius 1 is 1.07 bits per heavy atom. The van der Waals surface area contributed by atoms with E-state index in [1.165, 1.54) is 0 Å². The van der Waals surface area contributed by atoms with Crippen LogP contribution in [0.25, 0.3) is 11.4 Å². The molecule has 3 aromatic rings. The van der Waals surface area contributed by atoms with Crippen LogP contribution >= 0.6 is 0 Å². The summed E-state index contributed by atoms with van der Waals surface area (Å²) in [5.74, 6) is 1.43. The number of benzene rings is 2. The first-order chi connectivity index (χ1) is 13.2. The van der Waals surface area contributed by atoms with Gasteiger partial charge in [0.15, 0.2) is 5.82 Å². The first-order valence-corrected chi connectivity index (χ1v) is 9.24. The van der Waals surface area contributed by atoms with Gasteiger partial charge in [-0.15, -0.1) is 0 Å². The fraction of sp³-hybridized carbons (Fsp3) is 0.286. The Kier molecular flexibility index (Phi) is 4.73. The molecule has 1 amide bonds. The third kappa shape index (κ3) is 3.48. The molecule has 1 saturated heterocycles. The summed E-state index contributed by atoms with van der Waals surface area (Å²) in [5, 5.41) is 13.5. The third-order valence-electron chi connectivity index (χ3n) is 5.19. The minimum atomic E-state index is -0.510. The number of piperidine rings is 1. The molecule has 0 spiro atoms. The number of carbonyl (C=O) groups excluding carboxylic acids is 1. The zero-order valence-corrected chi connectivity index (χ0v) is 15.3. The first-order valence-electron chi connectivity index (χ1n) is 9.24. The zero-order valence-electron chi connectivity index (χ0n) is 15.3. The Hall–Kier alpha value is -2.99. The Morgan fingerprint density at radius 2 is 1.85 bits per heavy atom. The number of amides is 1. The van der Waals surface area contributed by atoms with Crippen molar-refractivity contribution in [2.24, 2.45) is 0 Å². The summed E-state index contributed by atoms with van der Waals surface area (Å²) in [6.45, 7) is 3.53.